The van der Waals surface area contributed by atoms with Gasteiger partial charge in [0.15, 0.2) is 0 Å². The second kappa shape index (κ2) is 7.30. The average Bonchev–Trinajstić information content (AvgIpc) is 3.16. The molecule has 1 amide bonds. The molecule has 0 aliphatic rings. The third-order valence-corrected chi connectivity index (χ3v) is 4.53. The number of aromatic hydroxyl groups is 1. The number of carbonyl (C=O) groups excluding carboxylic acids is 1. The van der Waals surface area contributed by atoms with Crippen LogP contribution in [0.5, 0.6) is 5.75 Å². The van der Waals surface area contributed by atoms with Gasteiger partial charge in [-0.05, 0) is 30.3 Å². The van der Waals surface area contributed by atoms with Crippen LogP contribution < -0.4 is 4.90 Å². The summed E-state index contributed by atoms with van der Waals surface area (Å²) in [5, 5.41) is 21.4. The van der Waals surface area contributed by atoms with Gasteiger partial charge < -0.3 is 14.4 Å². The molecule has 3 aromatic rings. The van der Waals surface area contributed by atoms with Crippen molar-refractivity contribution in [3.8, 4) is 17.1 Å². The number of carbonyl (C=O) groups is 1. The summed E-state index contributed by atoms with van der Waals surface area (Å²) in [6, 6.07) is 9.74. The third-order valence-electron chi connectivity index (χ3n) is 3.91. The van der Waals surface area contributed by atoms with E-state index in [2.05, 4.69) is 0 Å². The Hall–Kier alpha value is -3.03. The molecule has 0 saturated heterocycles. The van der Waals surface area contributed by atoms with Crippen molar-refractivity contribution in [3.05, 3.63) is 74.5 Å². The number of hydrogen-bond donors (Lipinski definition) is 1. The van der Waals surface area contributed by atoms with Crippen LogP contribution >= 0.6 is 23.2 Å². The summed E-state index contributed by atoms with van der Waals surface area (Å²) in [6.07, 6.45) is 1.46. The smallest absolute Gasteiger partial charge is 0.271 e. The van der Waals surface area contributed by atoms with E-state index in [0.717, 1.165) is 6.07 Å². The van der Waals surface area contributed by atoms with Crippen LogP contribution in [0.4, 0.5) is 11.4 Å². The van der Waals surface area contributed by atoms with Crippen LogP contribution in [-0.2, 0) is 0 Å². The molecule has 2 aromatic carbocycles. The van der Waals surface area contributed by atoms with Crippen molar-refractivity contribution >= 4 is 40.5 Å². The summed E-state index contributed by atoms with van der Waals surface area (Å²) in [7, 11) is 1.43. The minimum atomic E-state index is -0.587. The molecule has 3 rings (SSSR count). The lowest BCUT2D eigenvalue weighted by Crippen LogP contribution is -2.26. The Balaban J connectivity index is 1.96. The maximum Gasteiger partial charge on any atom is 0.271 e. The maximum absolute atomic E-state index is 12.8. The molecule has 0 aliphatic heterocycles. The van der Waals surface area contributed by atoms with Crippen molar-refractivity contribution in [2.75, 3.05) is 11.9 Å². The lowest BCUT2D eigenvalue weighted by atomic mass is 10.1. The SMILES string of the molecule is CN(C(=O)c1cc(Cl)c(-c2ccco2)cc1O)c1ccc([N+](=O)[O-])cc1Cl. The topological polar surface area (TPSA) is 96.8 Å². The first-order valence-corrected chi connectivity index (χ1v) is 8.33. The molecular weight excluding hydrogens is 395 g/mol. The van der Waals surface area contributed by atoms with Crippen LogP contribution in [0.25, 0.3) is 11.3 Å². The summed E-state index contributed by atoms with van der Waals surface area (Å²) in [4.78, 5) is 24.2. The highest BCUT2D eigenvalue weighted by Gasteiger charge is 2.23. The second-order valence-corrected chi connectivity index (χ2v) is 6.40. The van der Waals surface area contributed by atoms with Crippen LogP contribution in [0, 0.1) is 10.1 Å². The van der Waals surface area contributed by atoms with Crippen molar-refractivity contribution < 1.29 is 19.2 Å². The second-order valence-electron chi connectivity index (χ2n) is 5.58. The molecule has 0 saturated carbocycles. The molecule has 0 unspecified atom stereocenters. The van der Waals surface area contributed by atoms with E-state index in [1.54, 1.807) is 12.1 Å². The number of furan rings is 1. The Bertz CT molecular complexity index is 1030. The molecule has 1 aromatic heterocycles. The lowest BCUT2D eigenvalue weighted by molar-refractivity contribution is -0.384. The third kappa shape index (κ3) is 3.60. The molecular formula is C18H12Cl2N2O5. The predicted octanol–water partition coefficient (Wildman–Crippen LogP) is 5.14. The first-order chi connectivity index (χ1) is 12.8. The van der Waals surface area contributed by atoms with E-state index >= 15 is 0 Å². The summed E-state index contributed by atoms with van der Waals surface area (Å²) < 4.78 is 5.26. The lowest BCUT2D eigenvalue weighted by Gasteiger charge is -2.19. The van der Waals surface area contributed by atoms with Gasteiger partial charge in [0.05, 0.1) is 32.5 Å². The molecule has 9 heteroatoms. The van der Waals surface area contributed by atoms with E-state index in [0.29, 0.717) is 11.3 Å². The Kier molecular flexibility index (Phi) is 5.07. The van der Waals surface area contributed by atoms with Crippen LogP contribution in [0.3, 0.4) is 0 Å². The number of non-ortho nitro benzene ring substituents is 1. The normalized spacial score (nSPS) is 10.6. The van der Waals surface area contributed by atoms with Gasteiger partial charge >= 0.3 is 0 Å². The van der Waals surface area contributed by atoms with Crippen LogP contribution in [0.1, 0.15) is 10.4 Å². The van der Waals surface area contributed by atoms with E-state index in [1.165, 1.54) is 42.5 Å². The summed E-state index contributed by atoms with van der Waals surface area (Å²) in [5.74, 6) is -0.433. The van der Waals surface area contributed by atoms with Crippen molar-refractivity contribution in [1.29, 1.82) is 0 Å². The fourth-order valence-electron chi connectivity index (χ4n) is 2.53. The van der Waals surface area contributed by atoms with E-state index < -0.39 is 10.8 Å². The Morgan fingerprint density at radius 1 is 1.19 bits per heavy atom. The van der Waals surface area contributed by atoms with E-state index in [1.807, 2.05) is 0 Å². The fourth-order valence-corrected chi connectivity index (χ4v) is 3.08. The zero-order valence-electron chi connectivity index (χ0n) is 13.8. The largest absolute Gasteiger partial charge is 0.507 e. The van der Waals surface area contributed by atoms with Gasteiger partial charge in [0, 0.05) is 24.7 Å². The van der Waals surface area contributed by atoms with E-state index in [4.69, 9.17) is 27.6 Å². The highest BCUT2D eigenvalue weighted by molar-refractivity contribution is 6.35. The van der Waals surface area contributed by atoms with E-state index in [-0.39, 0.29) is 32.7 Å². The van der Waals surface area contributed by atoms with Crippen molar-refractivity contribution in [1.82, 2.24) is 0 Å². The number of benzene rings is 2. The molecule has 0 fully saturated rings. The molecule has 0 aliphatic carbocycles. The first-order valence-electron chi connectivity index (χ1n) is 7.58. The van der Waals surface area contributed by atoms with Gasteiger partial charge in [-0.1, -0.05) is 23.2 Å². The fraction of sp³-hybridized carbons (Fsp3) is 0.0556. The molecule has 0 bridgehead atoms. The standard InChI is InChI=1S/C18H12Cl2N2O5/c1-21(15-5-4-10(22(25)26)7-14(15)20)18(24)12-8-13(19)11(9-16(12)23)17-3-2-6-27-17/h2-9,23H,1H3. The minimum absolute atomic E-state index is 0.0258. The molecule has 1 heterocycles. The van der Waals surface area contributed by atoms with Gasteiger partial charge in [0.25, 0.3) is 11.6 Å². The number of rotatable bonds is 4. The van der Waals surface area contributed by atoms with Gasteiger partial charge in [0.2, 0.25) is 0 Å². The molecule has 1 N–H and O–H groups in total. The summed E-state index contributed by atoms with van der Waals surface area (Å²) >= 11 is 12.3. The van der Waals surface area contributed by atoms with Crippen LogP contribution in [-0.4, -0.2) is 23.0 Å². The highest BCUT2D eigenvalue weighted by Crippen LogP contribution is 2.36. The number of phenols is 1. The first kappa shape index (κ1) is 18.8. The molecule has 7 nitrogen and oxygen atoms in total. The maximum atomic E-state index is 12.8. The number of amides is 1. The summed E-state index contributed by atoms with van der Waals surface area (Å²) in [5.41, 5.74) is 0.440. The van der Waals surface area contributed by atoms with Gasteiger partial charge in [-0.3, -0.25) is 14.9 Å². The van der Waals surface area contributed by atoms with Gasteiger partial charge in [0.1, 0.15) is 11.5 Å². The average molecular weight is 407 g/mol. The highest BCUT2D eigenvalue weighted by atomic mass is 35.5. The van der Waals surface area contributed by atoms with Crippen LogP contribution in [0.15, 0.2) is 53.1 Å². The van der Waals surface area contributed by atoms with Gasteiger partial charge in [-0.2, -0.15) is 0 Å². The molecule has 0 atom stereocenters. The molecule has 0 radical (unpaired) electrons. The van der Waals surface area contributed by atoms with Gasteiger partial charge in [-0.15, -0.1) is 0 Å². The van der Waals surface area contributed by atoms with Crippen molar-refractivity contribution in [2.45, 2.75) is 0 Å². The zero-order chi connectivity index (χ0) is 19.7. The number of halogens is 2. The molecule has 0 spiro atoms. The van der Waals surface area contributed by atoms with Crippen molar-refractivity contribution in [2.24, 2.45) is 0 Å². The van der Waals surface area contributed by atoms with Gasteiger partial charge in [-0.25, -0.2) is 0 Å². The summed E-state index contributed by atoms with van der Waals surface area (Å²) in [6.45, 7) is 0. The Morgan fingerprint density at radius 2 is 1.93 bits per heavy atom. The number of phenolic OH excluding ortho intramolecular Hbond substituents is 1. The molecule has 138 valence electrons. The quantitative estimate of drug-likeness (QED) is 0.477. The Labute approximate surface area is 163 Å². The number of anilines is 1. The predicted molar refractivity (Wildman–Crippen MR) is 102 cm³/mol. The minimum Gasteiger partial charge on any atom is -0.507 e. The van der Waals surface area contributed by atoms with Crippen LogP contribution in [0.2, 0.25) is 10.0 Å². The number of hydrogen-bond acceptors (Lipinski definition) is 5. The number of nitro benzene ring substituents is 1. The Morgan fingerprint density at radius 3 is 2.52 bits per heavy atom. The van der Waals surface area contributed by atoms with Crippen molar-refractivity contribution in [3.63, 3.8) is 0 Å². The molecule has 27 heavy (non-hydrogen) atoms. The monoisotopic (exact) mass is 406 g/mol. The number of nitrogens with zero attached hydrogens (tertiary/aromatic N) is 2. The van der Waals surface area contributed by atoms with E-state index in [9.17, 15) is 20.0 Å². The zero-order valence-corrected chi connectivity index (χ0v) is 15.4. The number of nitro groups is 1.